The van der Waals surface area contributed by atoms with Gasteiger partial charge in [-0.2, -0.15) is 5.10 Å². The van der Waals surface area contributed by atoms with Crippen molar-refractivity contribution >= 4 is 6.03 Å². The molecule has 3 saturated heterocycles. The molecule has 26 heavy (non-hydrogen) atoms. The molecule has 0 radical (unpaired) electrons. The minimum Gasteiger partial charge on any atom is -0.463 e. The van der Waals surface area contributed by atoms with E-state index in [1.807, 2.05) is 30.8 Å². The van der Waals surface area contributed by atoms with Crippen molar-refractivity contribution in [3.63, 3.8) is 0 Å². The van der Waals surface area contributed by atoms with Crippen LogP contribution in [0.2, 0.25) is 0 Å². The first kappa shape index (κ1) is 17.1. The van der Waals surface area contributed by atoms with Crippen molar-refractivity contribution < 1.29 is 9.21 Å². The maximum atomic E-state index is 11.7. The third-order valence-corrected chi connectivity index (χ3v) is 5.78. The van der Waals surface area contributed by atoms with Gasteiger partial charge in [-0.15, -0.1) is 0 Å². The number of rotatable bonds is 5. The lowest BCUT2D eigenvalue weighted by atomic mass is 9.74. The summed E-state index contributed by atoms with van der Waals surface area (Å²) in [5, 5.41) is 10.5. The molecule has 7 heteroatoms. The number of hydrogen-bond acceptors (Lipinski definition) is 4. The van der Waals surface area contributed by atoms with E-state index in [1.54, 1.807) is 6.26 Å². The molecule has 3 aliphatic rings. The Bertz CT molecular complexity index is 754. The summed E-state index contributed by atoms with van der Waals surface area (Å²) in [6.45, 7) is 5.46. The second-order valence-electron chi connectivity index (χ2n) is 7.34. The molecule has 0 spiro atoms. The van der Waals surface area contributed by atoms with E-state index in [0.29, 0.717) is 24.4 Å². The van der Waals surface area contributed by atoms with Crippen molar-refractivity contribution in [1.29, 1.82) is 0 Å². The van der Waals surface area contributed by atoms with Gasteiger partial charge in [-0.25, -0.2) is 4.79 Å². The maximum absolute atomic E-state index is 11.7. The second-order valence-corrected chi connectivity index (χ2v) is 7.34. The number of nitrogens with one attached hydrogen (secondary N) is 2. The smallest absolute Gasteiger partial charge is 0.314 e. The molecule has 4 atom stereocenters. The molecule has 2 amide bonds. The fraction of sp³-hybridized carbons (Fsp3) is 0.579. The Morgan fingerprint density at radius 1 is 1.42 bits per heavy atom. The minimum absolute atomic E-state index is 0.0681. The van der Waals surface area contributed by atoms with Crippen LogP contribution in [0.4, 0.5) is 4.79 Å². The van der Waals surface area contributed by atoms with Gasteiger partial charge >= 0.3 is 6.03 Å². The average molecular weight is 357 g/mol. The van der Waals surface area contributed by atoms with Crippen LogP contribution in [-0.2, 0) is 7.05 Å². The summed E-state index contributed by atoms with van der Waals surface area (Å²) < 4.78 is 7.50. The Balaban J connectivity index is 1.44. The van der Waals surface area contributed by atoms with Gasteiger partial charge in [-0.05, 0) is 50.4 Å². The number of piperidine rings is 3. The molecule has 5 heterocycles. The molecule has 0 aromatic carbocycles. The lowest BCUT2D eigenvalue weighted by molar-refractivity contribution is 0.0294. The van der Waals surface area contributed by atoms with Crippen LogP contribution in [-0.4, -0.2) is 52.9 Å². The molecule has 3 aliphatic heterocycles. The molecule has 1 unspecified atom stereocenters. The van der Waals surface area contributed by atoms with Gasteiger partial charge in [0.1, 0.15) is 5.69 Å². The highest BCUT2D eigenvalue weighted by atomic mass is 16.3. The number of aromatic nitrogens is 2. The van der Waals surface area contributed by atoms with Crippen molar-refractivity contribution in [2.24, 2.45) is 13.0 Å². The summed E-state index contributed by atoms with van der Waals surface area (Å²) in [5.41, 5.74) is 2.18. The number of urea groups is 1. The first-order valence-electron chi connectivity index (χ1n) is 9.49. The summed E-state index contributed by atoms with van der Waals surface area (Å²) in [6.07, 6.45) is 4.02. The standard InChI is InChI=1S/C19H27N5O2/c1-3-20-19(25)21-11-14-9-13-6-7-24(14)12-15(13)17-10-16(22-23(17)2)18-5-4-8-26-18/h4-5,8,10,13-15H,3,6-7,9,11-12H2,1-2H3,(H2,20,21,25)/t13-,14+,15-/m0/s1. The molecule has 140 valence electrons. The highest BCUT2D eigenvalue weighted by molar-refractivity contribution is 5.73. The van der Waals surface area contributed by atoms with E-state index < -0.39 is 0 Å². The number of hydrogen-bond donors (Lipinski definition) is 2. The second kappa shape index (κ2) is 7.15. The van der Waals surface area contributed by atoms with Gasteiger partial charge in [-0.3, -0.25) is 9.58 Å². The van der Waals surface area contributed by atoms with E-state index in [2.05, 4.69) is 26.7 Å². The highest BCUT2D eigenvalue weighted by Gasteiger charge is 2.41. The third kappa shape index (κ3) is 3.23. The summed E-state index contributed by atoms with van der Waals surface area (Å²) in [7, 11) is 2.02. The molecule has 0 aliphatic carbocycles. The zero-order valence-electron chi connectivity index (χ0n) is 15.4. The fourth-order valence-electron chi connectivity index (χ4n) is 4.49. The first-order chi connectivity index (χ1) is 12.7. The third-order valence-electron chi connectivity index (χ3n) is 5.78. The number of carbonyl (C=O) groups is 1. The zero-order chi connectivity index (χ0) is 18.1. The van der Waals surface area contributed by atoms with Crippen molar-refractivity contribution in [2.45, 2.75) is 31.7 Å². The van der Waals surface area contributed by atoms with E-state index in [-0.39, 0.29) is 6.03 Å². The number of aryl methyl sites for hydroxylation is 1. The number of nitrogens with zero attached hydrogens (tertiary/aromatic N) is 3. The quantitative estimate of drug-likeness (QED) is 0.860. The molecule has 5 rings (SSSR count). The molecule has 2 bridgehead atoms. The Morgan fingerprint density at radius 3 is 3.00 bits per heavy atom. The van der Waals surface area contributed by atoms with Crippen LogP contribution >= 0.6 is 0 Å². The van der Waals surface area contributed by atoms with Gasteiger partial charge in [0.05, 0.1) is 6.26 Å². The minimum atomic E-state index is -0.0681. The van der Waals surface area contributed by atoms with Crippen LogP contribution < -0.4 is 10.6 Å². The molecular formula is C19H27N5O2. The molecule has 7 nitrogen and oxygen atoms in total. The van der Waals surface area contributed by atoms with Crippen LogP contribution in [0.15, 0.2) is 28.9 Å². The first-order valence-corrected chi connectivity index (χ1v) is 9.49. The number of furan rings is 1. The predicted molar refractivity (Wildman–Crippen MR) is 98.8 cm³/mol. The molecule has 2 aromatic rings. The van der Waals surface area contributed by atoms with Crippen LogP contribution in [0.25, 0.3) is 11.5 Å². The van der Waals surface area contributed by atoms with Crippen LogP contribution in [0.1, 0.15) is 31.4 Å². The van der Waals surface area contributed by atoms with E-state index in [1.165, 1.54) is 12.1 Å². The summed E-state index contributed by atoms with van der Waals surface area (Å²) in [5.74, 6) is 1.95. The van der Waals surface area contributed by atoms with E-state index >= 15 is 0 Å². The Morgan fingerprint density at radius 2 is 2.31 bits per heavy atom. The molecule has 2 aromatic heterocycles. The summed E-state index contributed by atoms with van der Waals surface area (Å²) >= 11 is 0. The number of carbonyl (C=O) groups excluding carboxylic acids is 1. The van der Waals surface area contributed by atoms with Crippen molar-refractivity contribution in [3.8, 4) is 11.5 Å². The van der Waals surface area contributed by atoms with Crippen molar-refractivity contribution in [3.05, 3.63) is 30.2 Å². The van der Waals surface area contributed by atoms with Gasteiger partial charge in [0.2, 0.25) is 0 Å². The largest absolute Gasteiger partial charge is 0.463 e. The highest BCUT2D eigenvalue weighted by Crippen LogP contribution is 2.42. The van der Waals surface area contributed by atoms with Crippen LogP contribution in [0.5, 0.6) is 0 Å². The lowest BCUT2D eigenvalue weighted by Crippen LogP contribution is -2.56. The molecule has 2 N–H and O–H groups in total. The van der Waals surface area contributed by atoms with Crippen LogP contribution in [0, 0.1) is 5.92 Å². The van der Waals surface area contributed by atoms with Crippen LogP contribution in [0.3, 0.4) is 0 Å². The van der Waals surface area contributed by atoms with Crippen molar-refractivity contribution in [1.82, 2.24) is 25.3 Å². The Labute approximate surface area is 153 Å². The average Bonchev–Trinajstić information content (AvgIpc) is 3.30. The Hall–Kier alpha value is -2.28. The van der Waals surface area contributed by atoms with Gasteiger partial charge in [0.15, 0.2) is 5.76 Å². The zero-order valence-corrected chi connectivity index (χ0v) is 15.4. The van der Waals surface area contributed by atoms with E-state index in [4.69, 9.17) is 4.42 Å². The fourth-order valence-corrected chi connectivity index (χ4v) is 4.49. The normalized spacial score (nSPS) is 27.5. The van der Waals surface area contributed by atoms with E-state index in [9.17, 15) is 4.79 Å². The summed E-state index contributed by atoms with van der Waals surface area (Å²) in [4.78, 5) is 14.2. The monoisotopic (exact) mass is 357 g/mol. The maximum Gasteiger partial charge on any atom is 0.314 e. The van der Waals surface area contributed by atoms with Gasteiger partial charge < -0.3 is 15.1 Å². The molecule has 3 fully saturated rings. The van der Waals surface area contributed by atoms with E-state index in [0.717, 1.165) is 37.5 Å². The molecular weight excluding hydrogens is 330 g/mol. The lowest BCUT2D eigenvalue weighted by Gasteiger charge is -2.49. The SMILES string of the molecule is CCNC(=O)NC[C@H]1C[C@@H]2CCN1C[C@@H]2c1cc(-c2ccco2)nn1C. The Kier molecular flexibility index (Phi) is 4.72. The topological polar surface area (TPSA) is 75.3 Å². The number of amides is 2. The molecule has 0 saturated carbocycles. The predicted octanol–water partition coefficient (Wildman–Crippen LogP) is 2.18. The summed E-state index contributed by atoms with van der Waals surface area (Å²) in [6, 6.07) is 6.38. The van der Waals surface area contributed by atoms with Gasteiger partial charge in [0.25, 0.3) is 0 Å². The van der Waals surface area contributed by atoms with Gasteiger partial charge in [0, 0.05) is 44.3 Å². The van der Waals surface area contributed by atoms with Crippen molar-refractivity contribution in [2.75, 3.05) is 26.2 Å². The van der Waals surface area contributed by atoms with Gasteiger partial charge in [-0.1, -0.05) is 0 Å². The number of fused-ring (bicyclic) bond motifs is 3.